The van der Waals surface area contributed by atoms with Gasteiger partial charge in [0.2, 0.25) is 0 Å². The van der Waals surface area contributed by atoms with Crippen molar-refractivity contribution in [2.24, 2.45) is 10.8 Å². The summed E-state index contributed by atoms with van der Waals surface area (Å²) < 4.78 is 0. The van der Waals surface area contributed by atoms with E-state index in [1.54, 1.807) is 0 Å². The highest BCUT2D eigenvalue weighted by Gasteiger charge is 2.63. The third kappa shape index (κ3) is 2.06. The summed E-state index contributed by atoms with van der Waals surface area (Å²) in [6.45, 7) is 12.5. The number of hydrogen-bond donors (Lipinski definition) is 0. The fourth-order valence-corrected chi connectivity index (χ4v) is 5.25. The van der Waals surface area contributed by atoms with Crippen LogP contribution in [0.2, 0.25) is 0 Å². The molecule has 4 aliphatic rings. The molecule has 3 heteroatoms. The number of ketones is 1. The van der Waals surface area contributed by atoms with Crippen LogP contribution in [0.25, 0.3) is 0 Å². The molecule has 4 bridgehead atoms. The smallest absolute Gasteiger partial charge is 0.150 e. The lowest BCUT2D eigenvalue weighted by Crippen LogP contribution is -2.75. The summed E-state index contributed by atoms with van der Waals surface area (Å²) in [6, 6.07) is 9.14. The van der Waals surface area contributed by atoms with Crippen molar-refractivity contribution in [2.75, 3.05) is 26.2 Å². The van der Waals surface area contributed by atoms with Crippen molar-refractivity contribution in [1.82, 2.24) is 9.80 Å². The normalized spacial score (nSPS) is 41.8. The molecule has 0 N–H and O–H groups in total. The van der Waals surface area contributed by atoms with Crippen LogP contribution in [0.4, 0.5) is 0 Å². The van der Waals surface area contributed by atoms with Crippen molar-refractivity contribution in [1.29, 1.82) is 0 Å². The molecule has 0 spiro atoms. The number of rotatable bonds is 3. The standard InChI is InChI=1S/C20H28N2O/c1-5-20-12-21-10-19(4,18(20)23)11-22(13-20)17(21)16-8-6-15(7-9-16)14(2)3/h6-9,14,17H,5,10-13H2,1-4H3. The molecule has 2 unspecified atom stereocenters. The Morgan fingerprint density at radius 3 is 2.13 bits per heavy atom. The molecule has 1 aromatic rings. The van der Waals surface area contributed by atoms with E-state index in [9.17, 15) is 4.79 Å². The van der Waals surface area contributed by atoms with Gasteiger partial charge in [0.1, 0.15) is 5.78 Å². The third-order valence-corrected chi connectivity index (χ3v) is 6.42. The van der Waals surface area contributed by atoms with E-state index in [-0.39, 0.29) is 10.8 Å². The van der Waals surface area contributed by atoms with E-state index in [1.807, 2.05) is 0 Å². The Morgan fingerprint density at radius 1 is 1.09 bits per heavy atom. The zero-order chi connectivity index (χ0) is 16.4. The summed E-state index contributed by atoms with van der Waals surface area (Å²) in [6.07, 6.45) is 1.32. The minimum atomic E-state index is -0.166. The summed E-state index contributed by atoms with van der Waals surface area (Å²) in [7, 11) is 0. The van der Waals surface area contributed by atoms with Crippen LogP contribution in [0.5, 0.6) is 0 Å². The van der Waals surface area contributed by atoms with Gasteiger partial charge in [-0.05, 0) is 23.5 Å². The Labute approximate surface area is 139 Å². The van der Waals surface area contributed by atoms with E-state index in [4.69, 9.17) is 0 Å². The average Bonchev–Trinajstić information content (AvgIpc) is 2.51. The minimum absolute atomic E-state index is 0.125. The zero-order valence-electron chi connectivity index (χ0n) is 14.8. The summed E-state index contributed by atoms with van der Waals surface area (Å²) in [5.41, 5.74) is 2.49. The van der Waals surface area contributed by atoms with Gasteiger partial charge in [-0.2, -0.15) is 0 Å². The molecule has 23 heavy (non-hydrogen) atoms. The highest BCUT2D eigenvalue weighted by molar-refractivity contribution is 5.93. The highest BCUT2D eigenvalue weighted by atomic mass is 16.1. The van der Waals surface area contributed by atoms with Crippen LogP contribution >= 0.6 is 0 Å². The van der Waals surface area contributed by atoms with Crippen molar-refractivity contribution in [3.63, 3.8) is 0 Å². The van der Waals surface area contributed by atoms with E-state index in [0.717, 1.165) is 32.6 Å². The molecule has 5 rings (SSSR count). The first-order chi connectivity index (χ1) is 10.9. The summed E-state index contributed by atoms with van der Waals surface area (Å²) >= 11 is 0. The Morgan fingerprint density at radius 2 is 1.65 bits per heavy atom. The second-order valence-electron chi connectivity index (χ2n) is 8.53. The summed E-state index contributed by atoms with van der Waals surface area (Å²) in [5.74, 6) is 1.09. The van der Waals surface area contributed by atoms with Gasteiger partial charge in [0.05, 0.1) is 17.0 Å². The van der Waals surface area contributed by atoms with Gasteiger partial charge in [-0.15, -0.1) is 0 Å². The summed E-state index contributed by atoms with van der Waals surface area (Å²) in [5, 5.41) is 0. The summed E-state index contributed by atoms with van der Waals surface area (Å²) in [4.78, 5) is 18.1. The largest absolute Gasteiger partial charge is 0.298 e. The monoisotopic (exact) mass is 312 g/mol. The van der Waals surface area contributed by atoms with Gasteiger partial charge < -0.3 is 0 Å². The number of benzene rings is 1. The van der Waals surface area contributed by atoms with E-state index in [2.05, 4.69) is 61.8 Å². The van der Waals surface area contributed by atoms with E-state index >= 15 is 0 Å². The second kappa shape index (κ2) is 4.90. The number of Topliss-reactive ketones (excluding diaryl/α,β-unsaturated/α-hetero) is 1. The number of carbonyl (C=O) groups is 1. The van der Waals surface area contributed by atoms with Gasteiger partial charge in [-0.1, -0.05) is 52.0 Å². The Hall–Kier alpha value is -1.19. The van der Waals surface area contributed by atoms with Crippen LogP contribution < -0.4 is 0 Å². The topological polar surface area (TPSA) is 23.6 Å². The number of nitrogens with zero attached hydrogens (tertiary/aromatic N) is 2. The molecular weight excluding hydrogens is 284 g/mol. The molecule has 0 saturated carbocycles. The maximum atomic E-state index is 13.0. The van der Waals surface area contributed by atoms with Crippen LogP contribution in [-0.2, 0) is 4.79 Å². The first kappa shape index (κ1) is 15.3. The predicted octanol–water partition coefficient (Wildman–Crippen LogP) is 3.43. The molecule has 2 atom stereocenters. The SMILES string of the molecule is CCC12CN3CC(C)(CN(C1)C3c1ccc(C(C)C)cc1)C2=O. The predicted molar refractivity (Wildman–Crippen MR) is 92.3 cm³/mol. The van der Waals surface area contributed by atoms with Crippen molar-refractivity contribution in [3.8, 4) is 0 Å². The van der Waals surface area contributed by atoms with Gasteiger partial charge in [0.15, 0.2) is 0 Å². The minimum Gasteiger partial charge on any atom is -0.298 e. The zero-order valence-corrected chi connectivity index (χ0v) is 14.8. The lowest BCUT2D eigenvalue weighted by Gasteiger charge is -2.65. The molecule has 4 fully saturated rings. The van der Waals surface area contributed by atoms with Crippen molar-refractivity contribution >= 4 is 5.78 Å². The fourth-order valence-electron chi connectivity index (χ4n) is 5.25. The lowest BCUT2D eigenvalue weighted by atomic mass is 9.60. The fraction of sp³-hybridized carbons (Fsp3) is 0.650. The maximum Gasteiger partial charge on any atom is 0.150 e. The van der Waals surface area contributed by atoms with Crippen LogP contribution in [0.1, 0.15) is 57.3 Å². The molecule has 124 valence electrons. The van der Waals surface area contributed by atoms with Crippen LogP contribution in [0, 0.1) is 10.8 Å². The van der Waals surface area contributed by atoms with E-state index in [1.165, 1.54) is 11.1 Å². The average molecular weight is 312 g/mol. The molecule has 0 amide bonds. The van der Waals surface area contributed by atoms with Crippen molar-refractivity contribution in [3.05, 3.63) is 35.4 Å². The van der Waals surface area contributed by atoms with Gasteiger partial charge >= 0.3 is 0 Å². The maximum absolute atomic E-state index is 13.0. The van der Waals surface area contributed by atoms with E-state index < -0.39 is 0 Å². The molecule has 0 aromatic heterocycles. The highest BCUT2D eigenvalue weighted by Crippen LogP contribution is 2.53. The van der Waals surface area contributed by atoms with Crippen molar-refractivity contribution in [2.45, 2.75) is 46.2 Å². The molecule has 4 heterocycles. The number of piperidine rings is 2. The van der Waals surface area contributed by atoms with Gasteiger partial charge in [-0.25, -0.2) is 0 Å². The Bertz CT molecular complexity index is 618. The van der Waals surface area contributed by atoms with Crippen LogP contribution in [0.15, 0.2) is 24.3 Å². The molecule has 1 aromatic carbocycles. The van der Waals surface area contributed by atoms with Crippen LogP contribution in [-0.4, -0.2) is 41.8 Å². The number of carbonyl (C=O) groups excluding carboxylic acids is 1. The van der Waals surface area contributed by atoms with Gasteiger partial charge in [-0.3, -0.25) is 14.6 Å². The molecule has 4 aliphatic heterocycles. The molecular formula is C20H28N2O. The molecule has 4 saturated heterocycles. The van der Waals surface area contributed by atoms with Crippen LogP contribution in [0.3, 0.4) is 0 Å². The molecule has 0 radical (unpaired) electrons. The van der Waals surface area contributed by atoms with Gasteiger partial charge in [0, 0.05) is 26.2 Å². The quantitative estimate of drug-likeness (QED) is 0.854. The third-order valence-electron chi connectivity index (χ3n) is 6.42. The number of hydrogen-bond acceptors (Lipinski definition) is 3. The first-order valence-corrected chi connectivity index (χ1v) is 9.01. The van der Waals surface area contributed by atoms with E-state index in [0.29, 0.717) is 17.9 Å². The van der Waals surface area contributed by atoms with Gasteiger partial charge in [0.25, 0.3) is 0 Å². The lowest BCUT2D eigenvalue weighted by molar-refractivity contribution is -0.200. The first-order valence-electron chi connectivity index (χ1n) is 9.01. The molecule has 0 aliphatic carbocycles. The van der Waals surface area contributed by atoms with Crippen molar-refractivity contribution < 1.29 is 4.79 Å². The second-order valence-corrected chi connectivity index (χ2v) is 8.53. The Balaban J connectivity index is 1.68. The Kier molecular flexibility index (Phi) is 3.27. The molecule has 3 nitrogen and oxygen atoms in total.